The number of nitrogens with one attached hydrogen (secondary N) is 3. The van der Waals surface area contributed by atoms with Gasteiger partial charge in [0.15, 0.2) is 12.4 Å². The zero-order valence-corrected chi connectivity index (χ0v) is 17.4. The van der Waals surface area contributed by atoms with Crippen LogP contribution in [0.2, 0.25) is 0 Å². The van der Waals surface area contributed by atoms with E-state index in [4.69, 9.17) is 4.52 Å². The maximum Gasteiger partial charge on any atom is 0.281 e. The van der Waals surface area contributed by atoms with Gasteiger partial charge in [-0.3, -0.25) is 14.9 Å². The lowest BCUT2D eigenvalue weighted by Crippen LogP contribution is -3.11. The van der Waals surface area contributed by atoms with E-state index in [1.165, 1.54) is 0 Å². The summed E-state index contributed by atoms with van der Waals surface area (Å²) >= 11 is 0. The standard InChI is InChI=1S/C23H23N5O3/c1-3-28(13-20-24-18-7-5-4-6-17(18)23(30)25-20)14-21(29)26-22-12-19(27-31-22)16-10-8-15(2)9-11-16/h4-12H,3,13-14H2,1-2H3,(H,26,29)(H,24,25,30)/p+1. The third kappa shape index (κ3) is 4.87. The van der Waals surface area contributed by atoms with Gasteiger partial charge in [-0.25, -0.2) is 4.98 Å². The number of hydrogen-bond donors (Lipinski definition) is 3. The molecule has 1 unspecified atom stereocenters. The Kier molecular flexibility index (Phi) is 5.90. The van der Waals surface area contributed by atoms with Crippen molar-refractivity contribution < 1.29 is 14.2 Å². The molecule has 2 aromatic heterocycles. The lowest BCUT2D eigenvalue weighted by molar-refractivity contribution is -0.904. The SMILES string of the molecule is CC[NH+](CC(=O)Nc1cc(-c2ccc(C)cc2)no1)Cc1nc2ccccc2c(=O)[nH]1. The average Bonchev–Trinajstić information content (AvgIpc) is 3.22. The number of amides is 1. The Balaban J connectivity index is 1.40. The van der Waals surface area contributed by atoms with E-state index in [1.807, 2.05) is 50.2 Å². The molecule has 0 aliphatic carbocycles. The lowest BCUT2D eigenvalue weighted by Gasteiger charge is -2.16. The van der Waals surface area contributed by atoms with Crippen LogP contribution >= 0.6 is 0 Å². The summed E-state index contributed by atoms with van der Waals surface area (Å²) in [4.78, 5) is 33.1. The van der Waals surface area contributed by atoms with Crippen LogP contribution in [0.3, 0.4) is 0 Å². The van der Waals surface area contributed by atoms with Crippen LogP contribution in [-0.4, -0.2) is 34.1 Å². The number of para-hydroxylation sites is 1. The highest BCUT2D eigenvalue weighted by molar-refractivity contribution is 5.90. The smallest absolute Gasteiger partial charge is 0.281 e. The maximum absolute atomic E-state index is 12.5. The summed E-state index contributed by atoms with van der Waals surface area (Å²) in [7, 11) is 0. The van der Waals surface area contributed by atoms with Gasteiger partial charge in [-0.1, -0.05) is 47.1 Å². The Labute approximate surface area is 178 Å². The maximum atomic E-state index is 12.5. The van der Waals surface area contributed by atoms with Crippen molar-refractivity contribution >= 4 is 22.7 Å². The molecule has 2 aromatic carbocycles. The molecule has 4 aromatic rings. The highest BCUT2D eigenvalue weighted by Gasteiger charge is 2.17. The van der Waals surface area contributed by atoms with Crippen molar-refractivity contribution in [3.63, 3.8) is 0 Å². The van der Waals surface area contributed by atoms with Crippen molar-refractivity contribution in [2.24, 2.45) is 0 Å². The molecule has 0 fully saturated rings. The second kappa shape index (κ2) is 8.93. The number of aromatic amines is 1. The van der Waals surface area contributed by atoms with Crippen molar-refractivity contribution in [3.05, 3.63) is 76.3 Å². The zero-order valence-electron chi connectivity index (χ0n) is 17.4. The van der Waals surface area contributed by atoms with Crippen LogP contribution in [0, 0.1) is 6.92 Å². The molecule has 31 heavy (non-hydrogen) atoms. The van der Waals surface area contributed by atoms with Crippen molar-refractivity contribution in [3.8, 4) is 11.3 Å². The fraction of sp³-hybridized carbons (Fsp3) is 0.217. The average molecular weight is 418 g/mol. The van der Waals surface area contributed by atoms with Crippen LogP contribution in [0.25, 0.3) is 22.2 Å². The number of carbonyl (C=O) groups is 1. The second-order valence-corrected chi connectivity index (χ2v) is 7.48. The molecule has 8 nitrogen and oxygen atoms in total. The molecule has 0 radical (unpaired) electrons. The number of nitrogens with zero attached hydrogens (tertiary/aromatic N) is 2. The van der Waals surface area contributed by atoms with Crippen LogP contribution in [0.4, 0.5) is 5.88 Å². The summed E-state index contributed by atoms with van der Waals surface area (Å²) in [6.07, 6.45) is 0. The van der Waals surface area contributed by atoms with E-state index >= 15 is 0 Å². The molecule has 8 heteroatoms. The van der Waals surface area contributed by atoms with Gasteiger partial charge in [-0.2, -0.15) is 0 Å². The molecular weight excluding hydrogens is 394 g/mol. The number of carbonyl (C=O) groups excluding carboxylic acids is 1. The van der Waals surface area contributed by atoms with Gasteiger partial charge in [0.2, 0.25) is 5.88 Å². The highest BCUT2D eigenvalue weighted by atomic mass is 16.5. The fourth-order valence-corrected chi connectivity index (χ4v) is 3.37. The Morgan fingerprint density at radius 2 is 1.94 bits per heavy atom. The van der Waals surface area contributed by atoms with Gasteiger partial charge < -0.3 is 14.4 Å². The molecule has 0 spiro atoms. The number of H-pyrrole nitrogens is 1. The molecule has 0 aliphatic rings. The topological polar surface area (TPSA) is 105 Å². The van der Waals surface area contributed by atoms with E-state index in [2.05, 4.69) is 20.4 Å². The zero-order chi connectivity index (χ0) is 21.8. The first kappa shape index (κ1) is 20.5. The fourth-order valence-electron chi connectivity index (χ4n) is 3.37. The van der Waals surface area contributed by atoms with E-state index in [9.17, 15) is 9.59 Å². The van der Waals surface area contributed by atoms with E-state index < -0.39 is 0 Å². The van der Waals surface area contributed by atoms with Gasteiger partial charge in [0, 0.05) is 11.6 Å². The monoisotopic (exact) mass is 418 g/mol. The minimum absolute atomic E-state index is 0.175. The normalized spacial score (nSPS) is 12.1. The molecule has 1 amide bonds. The van der Waals surface area contributed by atoms with Gasteiger partial charge in [-0.05, 0) is 26.0 Å². The van der Waals surface area contributed by atoms with Crippen molar-refractivity contribution in [2.45, 2.75) is 20.4 Å². The highest BCUT2D eigenvalue weighted by Crippen LogP contribution is 2.21. The molecule has 1 atom stereocenters. The van der Waals surface area contributed by atoms with E-state index in [0.717, 1.165) is 16.0 Å². The minimum atomic E-state index is -0.202. The van der Waals surface area contributed by atoms with Crippen LogP contribution in [0.15, 0.2) is 63.9 Å². The van der Waals surface area contributed by atoms with Gasteiger partial charge in [0.1, 0.15) is 12.2 Å². The Morgan fingerprint density at radius 1 is 1.16 bits per heavy atom. The first-order chi connectivity index (χ1) is 15.0. The first-order valence-corrected chi connectivity index (χ1v) is 10.2. The molecule has 0 saturated heterocycles. The van der Waals surface area contributed by atoms with Crippen molar-refractivity contribution in [1.29, 1.82) is 0 Å². The Hall–Kier alpha value is -3.78. The summed E-state index contributed by atoms with van der Waals surface area (Å²) in [5, 5.41) is 7.33. The van der Waals surface area contributed by atoms with E-state index in [-0.39, 0.29) is 18.0 Å². The number of hydrogen-bond acceptors (Lipinski definition) is 5. The Morgan fingerprint density at radius 3 is 2.71 bits per heavy atom. The number of benzene rings is 2. The number of anilines is 1. The number of quaternary nitrogens is 1. The minimum Gasteiger partial charge on any atom is -0.338 e. The predicted octanol–water partition coefficient (Wildman–Crippen LogP) is 1.93. The number of aryl methyl sites for hydroxylation is 1. The second-order valence-electron chi connectivity index (χ2n) is 7.48. The summed E-state index contributed by atoms with van der Waals surface area (Å²) in [5.41, 5.74) is 3.21. The third-order valence-electron chi connectivity index (χ3n) is 5.11. The number of aromatic nitrogens is 3. The van der Waals surface area contributed by atoms with Crippen LogP contribution in [0.5, 0.6) is 0 Å². The van der Waals surface area contributed by atoms with Crippen LogP contribution in [-0.2, 0) is 11.3 Å². The Bertz CT molecular complexity index is 1260. The summed E-state index contributed by atoms with van der Waals surface area (Å²) in [6, 6.07) is 16.8. The first-order valence-electron chi connectivity index (χ1n) is 10.2. The summed E-state index contributed by atoms with van der Waals surface area (Å²) in [5.74, 6) is 0.648. The van der Waals surface area contributed by atoms with Crippen LogP contribution < -0.4 is 15.8 Å². The van der Waals surface area contributed by atoms with Crippen molar-refractivity contribution in [1.82, 2.24) is 15.1 Å². The van der Waals surface area contributed by atoms with Gasteiger partial charge in [-0.15, -0.1) is 0 Å². The van der Waals surface area contributed by atoms with E-state index in [1.54, 1.807) is 18.2 Å². The molecular formula is C23H24N5O3+. The largest absolute Gasteiger partial charge is 0.338 e. The summed E-state index contributed by atoms with van der Waals surface area (Å²) in [6.45, 7) is 5.31. The number of likely N-dealkylation sites (N-methyl/N-ethyl adjacent to an activating group) is 1. The third-order valence-corrected chi connectivity index (χ3v) is 5.11. The van der Waals surface area contributed by atoms with Gasteiger partial charge in [0.25, 0.3) is 11.5 Å². The molecule has 3 N–H and O–H groups in total. The van der Waals surface area contributed by atoms with Gasteiger partial charge in [0.05, 0.1) is 17.4 Å². The van der Waals surface area contributed by atoms with Crippen LogP contribution in [0.1, 0.15) is 18.3 Å². The summed E-state index contributed by atoms with van der Waals surface area (Å²) < 4.78 is 5.27. The number of fused-ring (bicyclic) bond motifs is 1. The molecule has 0 saturated carbocycles. The molecule has 0 bridgehead atoms. The lowest BCUT2D eigenvalue weighted by atomic mass is 10.1. The predicted molar refractivity (Wildman–Crippen MR) is 118 cm³/mol. The quantitative estimate of drug-likeness (QED) is 0.425. The molecule has 0 aliphatic heterocycles. The molecule has 2 heterocycles. The molecule has 4 rings (SSSR count). The van der Waals surface area contributed by atoms with Crippen molar-refractivity contribution in [2.75, 3.05) is 18.4 Å². The molecule has 158 valence electrons. The van der Waals surface area contributed by atoms with Gasteiger partial charge >= 0.3 is 0 Å². The number of rotatable bonds is 7. The van der Waals surface area contributed by atoms with E-state index in [0.29, 0.717) is 41.4 Å².